The van der Waals surface area contributed by atoms with Gasteiger partial charge in [-0.15, -0.1) is 0 Å². The third kappa shape index (κ3) is 1.64. The van der Waals surface area contributed by atoms with E-state index in [2.05, 4.69) is 26.9 Å². The summed E-state index contributed by atoms with van der Waals surface area (Å²) in [5, 5.41) is 14.0. The Morgan fingerprint density at radius 3 is 2.94 bits per heavy atom. The van der Waals surface area contributed by atoms with Crippen LogP contribution < -0.4 is 4.90 Å². The molecule has 0 aromatic carbocycles. The van der Waals surface area contributed by atoms with Crippen molar-refractivity contribution >= 4 is 11.6 Å². The summed E-state index contributed by atoms with van der Waals surface area (Å²) in [6.45, 7) is 5.46. The van der Waals surface area contributed by atoms with E-state index in [1.165, 1.54) is 6.33 Å². The minimum atomic E-state index is -0.276. The molecule has 1 aliphatic heterocycles. The lowest BCUT2D eigenvalue weighted by Gasteiger charge is -2.18. The Balaban J connectivity index is 2.08. The van der Waals surface area contributed by atoms with Gasteiger partial charge in [0.15, 0.2) is 0 Å². The predicted molar refractivity (Wildman–Crippen MR) is 62.9 cm³/mol. The molecule has 0 aliphatic carbocycles. The van der Waals surface area contributed by atoms with Crippen LogP contribution in [0.4, 0.5) is 5.82 Å². The molecule has 1 aliphatic rings. The second kappa shape index (κ2) is 3.66. The summed E-state index contributed by atoms with van der Waals surface area (Å²) in [5.41, 5.74) is 0.912. The Labute approximate surface area is 98.9 Å². The van der Waals surface area contributed by atoms with Crippen LogP contribution in [0.1, 0.15) is 12.6 Å². The number of rotatable bonds is 1. The van der Waals surface area contributed by atoms with Crippen molar-refractivity contribution in [1.29, 1.82) is 0 Å². The first-order valence-electron chi connectivity index (χ1n) is 5.75. The number of β-amino-alcohol motifs (C(OH)–C–C–N with tert-alkyl or cyclic N) is 1. The molecule has 2 aromatic heterocycles. The zero-order chi connectivity index (χ0) is 12.0. The van der Waals surface area contributed by atoms with Gasteiger partial charge in [0, 0.05) is 30.8 Å². The Hall–Kier alpha value is -1.69. The first-order chi connectivity index (χ1) is 8.15. The van der Waals surface area contributed by atoms with Crippen molar-refractivity contribution in [2.24, 2.45) is 5.92 Å². The van der Waals surface area contributed by atoms with E-state index in [-0.39, 0.29) is 12.0 Å². The van der Waals surface area contributed by atoms with Gasteiger partial charge in [-0.05, 0) is 6.92 Å². The molecular formula is C11H15N5O. The van der Waals surface area contributed by atoms with Crippen LogP contribution in [0.15, 0.2) is 12.4 Å². The summed E-state index contributed by atoms with van der Waals surface area (Å²) in [7, 11) is 0. The molecule has 0 spiro atoms. The number of nitrogens with zero attached hydrogens (tertiary/aromatic N) is 5. The zero-order valence-electron chi connectivity index (χ0n) is 9.91. The Bertz CT molecular complexity index is 542. The summed E-state index contributed by atoms with van der Waals surface area (Å²) in [6, 6.07) is 1.98. The highest BCUT2D eigenvalue weighted by Gasteiger charge is 2.29. The molecule has 0 saturated carbocycles. The average Bonchev–Trinajstić information content (AvgIpc) is 2.85. The van der Waals surface area contributed by atoms with Gasteiger partial charge in [0.05, 0.1) is 6.10 Å². The number of fused-ring (bicyclic) bond motifs is 1. The van der Waals surface area contributed by atoms with Crippen molar-refractivity contribution in [2.45, 2.75) is 20.0 Å². The van der Waals surface area contributed by atoms with Crippen molar-refractivity contribution in [3.8, 4) is 0 Å². The number of aliphatic hydroxyl groups is 1. The van der Waals surface area contributed by atoms with Gasteiger partial charge in [0.25, 0.3) is 5.78 Å². The normalized spacial score (nSPS) is 24.8. The SMILES string of the molecule is Cc1cc(N2CC(C)C(O)C2)n2ncnc2n1. The molecule has 6 heteroatoms. The van der Waals surface area contributed by atoms with E-state index in [0.29, 0.717) is 12.3 Å². The van der Waals surface area contributed by atoms with Crippen molar-refractivity contribution in [1.82, 2.24) is 19.6 Å². The van der Waals surface area contributed by atoms with E-state index in [0.717, 1.165) is 18.1 Å². The lowest BCUT2D eigenvalue weighted by Crippen LogP contribution is -2.24. The molecule has 0 amide bonds. The van der Waals surface area contributed by atoms with E-state index >= 15 is 0 Å². The molecule has 0 bridgehead atoms. The zero-order valence-corrected chi connectivity index (χ0v) is 9.91. The molecule has 17 heavy (non-hydrogen) atoms. The summed E-state index contributed by atoms with van der Waals surface area (Å²) >= 11 is 0. The maximum Gasteiger partial charge on any atom is 0.254 e. The summed E-state index contributed by atoms with van der Waals surface area (Å²) < 4.78 is 1.72. The third-order valence-corrected chi connectivity index (χ3v) is 3.26. The number of hydrogen-bond donors (Lipinski definition) is 1. The Morgan fingerprint density at radius 2 is 2.24 bits per heavy atom. The quantitative estimate of drug-likeness (QED) is 0.764. The number of anilines is 1. The first kappa shape index (κ1) is 10.5. The molecule has 3 heterocycles. The maximum atomic E-state index is 9.82. The van der Waals surface area contributed by atoms with Crippen LogP contribution in [0.2, 0.25) is 0 Å². The summed E-state index contributed by atoms with van der Waals surface area (Å²) in [4.78, 5) is 10.5. The van der Waals surface area contributed by atoms with Crippen LogP contribution in [-0.4, -0.2) is 43.9 Å². The molecule has 2 aromatic rings. The molecule has 1 fully saturated rings. The van der Waals surface area contributed by atoms with Crippen molar-refractivity contribution < 1.29 is 5.11 Å². The molecule has 2 unspecified atom stereocenters. The van der Waals surface area contributed by atoms with Crippen molar-refractivity contribution in [3.05, 3.63) is 18.1 Å². The highest BCUT2D eigenvalue weighted by molar-refractivity contribution is 5.48. The molecule has 0 radical (unpaired) electrons. The van der Waals surface area contributed by atoms with Crippen LogP contribution in [0.5, 0.6) is 0 Å². The van der Waals surface area contributed by atoms with Gasteiger partial charge >= 0.3 is 0 Å². The molecule has 3 rings (SSSR count). The monoisotopic (exact) mass is 233 g/mol. The molecule has 1 saturated heterocycles. The van der Waals surface area contributed by atoms with Crippen molar-refractivity contribution in [3.63, 3.8) is 0 Å². The second-order valence-electron chi connectivity index (χ2n) is 4.68. The van der Waals surface area contributed by atoms with Crippen LogP contribution in [0.25, 0.3) is 5.78 Å². The van der Waals surface area contributed by atoms with Gasteiger partial charge in [-0.3, -0.25) is 0 Å². The topological polar surface area (TPSA) is 66.5 Å². The molecule has 6 nitrogen and oxygen atoms in total. The lowest BCUT2D eigenvalue weighted by atomic mass is 10.1. The number of hydrogen-bond acceptors (Lipinski definition) is 5. The Kier molecular flexibility index (Phi) is 2.25. The van der Waals surface area contributed by atoms with E-state index < -0.39 is 0 Å². The molecule has 2 atom stereocenters. The van der Waals surface area contributed by atoms with Gasteiger partial charge in [0.1, 0.15) is 12.1 Å². The Morgan fingerprint density at radius 1 is 1.41 bits per heavy atom. The van der Waals surface area contributed by atoms with Gasteiger partial charge in [-0.2, -0.15) is 14.6 Å². The van der Waals surface area contributed by atoms with E-state index in [1.807, 2.05) is 13.0 Å². The van der Waals surface area contributed by atoms with E-state index in [9.17, 15) is 5.11 Å². The second-order valence-corrected chi connectivity index (χ2v) is 4.68. The van der Waals surface area contributed by atoms with Crippen molar-refractivity contribution in [2.75, 3.05) is 18.0 Å². The number of aryl methyl sites for hydroxylation is 1. The van der Waals surface area contributed by atoms with Crippen LogP contribution >= 0.6 is 0 Å². The molecule has 1 N–H and O–H groups in total. The van der Waals surface area contributed by atoms with Gasteiger partial charge < -0.3 is 10.0 Å². The average molecular weight is 233 g/mol. The smallest absolute Gasteiger partial charge is 0.254 e. The fourth-order valence-electron chi connectivity index (χ4n) is 2.27. The molecular weight excluding hydrogens is 218 g/mol. The van der Waals surface area contributed by atoms with Crippen LogP contribution in [0.3, 0.4) is 0 Å². The predicted octanol–water partition coefficient (Wildman–Crippen LogP) is 0.250. The number of aromatic nitrogens is 4. The summed E-state index contributed by atoms with van der Waals surface area (Å²) in [6.07, 6.45) is 1.23. The highest BCUT2D eigenvalue weighted by atomic mass is 16.3. The standard InChI is InChI=1S/C11H15N5O/c1-7-4-15(5-9(7)17)10-3-8(2)14-11-12-6-13-16(10)11/h3,6-7,9,17H,4-5H2,1-2H3. The minimum Gasteiger partial charge on any atom is -0.391 e. The van der Waals surface area contributed by atoms with Crippen LogP contribution in [-0.2, 0) is 0 Å². The van der Waals surface area contributed by atoms with Gasteiger partial charge in [0.2, 0.25) is 0 Å². The maximum absolute atomic E-state index is 9.82. The van der Waals surface area contributed by atoms with E-state index in [4.69, 9.17) is 0 Å². The van der Waals surface area contributed by atoms with Crippen LogP contribution in [0, 0.1) is 12.8 Å². The summed E-state index contributed by atoms with van der Waals surface area (Å²) in [5.74, 6) is 1.84. The number of aliphatic hydroxyl groups excluding tert-OH is 1. The van der Waals surface area contributed by atoms with Gasteiger partial charge in [-0.25, -0.2) is 4.98 Å². The first-order valence-corrected chi connectivity index (χ1v) is 5.75. The fourth-order valence-corrected chi connectivity index (χ4v) is 2.27. The highest BCUT2D eigenvalue weighted by Crippen LogP contribution is 2.24. The largest absolute Gasteiger partial charge is 0.391 e. The minimum absolute atomic E-state index is 0.276. The van der Waals surface area contributed by atoms with Gasteiger partial charge in [-0.1, -0.05) is 6.92 Å². The third-order valence-electron chi connectivity index (χ3n) is 3.26. The fraction of sp³-hybridized carbons (Fsp3) is 0.545. The lowest BCUT2D eigenvalue weighted by molar-refractivity contribution is 0.157. The molecule has 90 valence electrons. The van der Waals surface area contributed by atoms with E-state index in [1.54, 1.807) is 4.52 Å².